The molecule has 0 aliphatic carbocycles. The van der Waals surface area contributed by atoms with Gasteiger partial charge in [-0.3, -0.25) is 9.69 Å². The van der Waals surface area contributed by atoms with Crippen LogP contribution in [0.4, 0.5) is 0 Å². The lowest BCUT2D eigenvalue weighted by Crippen LogP contribution is -2.49. The summed E-state index contributed by atoms with van der Waals surface area (Å²) in [5.41, 5.74) is 1.51. The Bertz CT molecular complexity index is 871. The van der Waals surface area contributed by atoms with E-state index in [-0.39, 0.29) is 11.9 Å². The molecular formula is C21H22BrN3O3. The van der Waals surface area contributed by atoms with E-state index in [1.807, 2.05) is 41.3 Å². The zero-order valence-electron chi connectivity index (χ0n) is 15.9. The number of halogens is 1. The zero-order valence-corrected chi connectivity index (χ0v) is 17.5. The third-order valence-electron chi connectivity index (χ3n) is 4.92. The van der Waals surface area contributed by atoms with Gasteiger partial charge in [0.05, 0.1) is 25.9 Å². The Balaban J connectivity index is 1.67. The summed E-state index contributed by atoms with van der Waals surface area (Å²) in [6, 6.07) is 15.0. The lowest BCUT2D eigenvalue weighted by molar-refractivity contribution is 0.0605. The Morgan fingerprint density at radius 3 is 2.21 bits per heavy atom. The summed E-state index contributed by atoms with van der Waals surface area (Å²) >= 11 is 3.45. The van der Waals surface area contributed by atoms with Crippen LogP contribution >= 0.6 is 15.9 Å². The molecule has 1 fully saturated rings. The molecule has 1 amide bonds. The van der Waals surface area contributed by atoms with Gasteiger partial charge in [-0.05, 0) is 51.8 Å². The van der Waals surface area contributed by atoms with Crippen molar-refractivity contribution in [2.75, 3.05) is 40.4 Å². The second-order valence-electron chi connectivity index (χ2n) is 6.48. The van der Waals surface area contributed by atoms with E-state index in [2.05, 4.69) is 26.9 Å². The number of hydrogen-bond donors (Lipinski definition) is 0. The van der Waals surface area contributed by atoms with E-state index in [1.54, 1.807) is 20.3 Å². The summed E-state index contributed by atoms with van der Waals surface area (Å²) in [7, 11) is 3.20. The van der Waals surface area contributed by atoms with Gasteiger partial charge >= 0.3 is 0 Å². The number of hydrogen-bond acceptors (Lipinski definition) is 5. The topological polar surface area (TPSA) is 65.8 Å². The molecule has 28 heavy (non-hydrogen) atoms. The average Bonchev–Trinajstić information content (AvgIpc) is 2.75. The van der Waals surface area contributed by atoms with Crippen LogP contribution in [0.15, 0.2) is 46.9 Å². The van der Waals surface area contributed by atoms with Crippen LogP contribution in [-0.2, 0) is 0 Å². The molecule has 1 atom stereocenters. The predicted octanol–water partition coefficient (Wildman–Crippen LogP) is 3.49. The van der Waals surface area contributed by atoms with Gasteiger partial charge in [0.25, 0.3) is 5.91 Å². The lowest BCUT2D eigenvalue weighted by atomic mass is 10.1. The van der Waals surface area contributed by atoms with E-state index in [1.165, 1.54) is 0 Å². The number of methoxy groups -OCH3 is 2. The highest BCUT2D eigenvalue weighted by molar-refractivity contribution is 9.10. The fourth-order valence-electron chi connectivity index (χ4n) is 3.30. The SMILES string of the molecule is COc1ccc(C(C#N)N2CCN(C(=O)c3cc(OC)ccc3Br)CC2)cc1. The summed E-state index contributed by atoms with van der Waals surface area (Å²) in [4.78, 5) is 16.8. The molecule has 0 spiro atoms. The number of carbonyl (C=O) groups is 1. The van der Waals surface area contributed by atoms with E-state index >= 15 is 0 Å². The highest BCUT2D eigenvalue weighted by Crippen LogP contribution is 2.26. The van der Waals surface area contributed by atoms with Gasteiger partial charge < -0.3 is 14.4 Å². The first kappa shape index (κ1) is 20.2. The molecule has 3 rings (SSSR count). The third kappa shape index (κ3) is 4.29. The largest absolute Gasteiger partial charge is 0.497 e. The maximum absolute atomic E-state index is 12.9. The number of rotatable bonds is 5. The Labute approximate surface area is 173 Å². The van der Waals surface area contributed by atoms with Gasteiger partial charge in [0.15, 0.2) is 0 Å². The first-order valence-corrected chi connectivity index (χ1v) is 9.77. The zero-order chi connectivity index (χ0) is 20.1. The predicted molar refractivity (Wildman–Crippen MR) is 110 cm³/mol. The first-order valence-electron chi connectivity index (χ1n) is 8.97. The van der Waals surface area contributed by atoms with Crippen LogP contribution < -0.4 is 9.47 Å². The molecular weight excluding hydrogens is 422 g/mol. The van der Waals surface area contributed by atoms with Crippen molar-refractivity contribution >= 4 is 21.8 Å². The van der Waals surface area contributed by atoms with E-state index in [0.29, 0.717) is 37.5 Å². The molecule has 7 heteroatoms. The minimum atomic E-state index is -0.341. The molecule has 146 valence electrons. The van der Waals surface area contributed by atoms with Crippen molar-refractivity contribution in [1.82, 2.24) is 9.80 Å². The van der Waals surface area contributed by atoms with E-state index < -0.39 is 0 Å². The number of nitriles is 1. The van der Waals surface area contributed by atoms with E-state index in [4.69, 9.17) is 9.47 Å². The molecule has 2 aromatic carbocycles. The molecule has 0 N–H and O–H groups in total. The van der Waals surface area contributed by atoms with Gasteiger partial charge in [-0.2, -0.15) is 5.26 Å². The van der Waals surface area contributed by atoms with Crippen LogP contribution in [0.3, 0.4) is 0 Å². The molecule has 1 aliphatic rings. The molecule has 0 radical (unpaired) electrons. The van der Waals surface area contributed by atoms with Crippen LogP contribution in [0.5, 0.6) is 11.5 Å². The fraction of sp³-hybridized carbons (Fsp3) is 0.333. The number of ether oxygens (including phenoxy) is 2. The van der Waals surface area contributed by atoms with Crippen LogP contribution in [0.25, 0.3) is 0 Å². The Hall–Kier alpha value is -2.56. The molecule has 1 unspecified atom stereocenters. The van der Waals surface area contributed by atoms with Gasteiger partial charge in [0.2, 0.25) is 0 Å². The summed E-state index contributed by atoms with van der Waals surface area (Å²) in [6.07, 6.45) is 0. The molecule has 1 heterocycles. The Morgan fingerprint density at radius 2 is 1.64 bits per heavy atom. The quantitative estimate of drug-likeness (QED) is 0.707. The van der Waals surface area contributed by atoms with E-state index in [0.717, 1.165) is 15.8 Å². The standard InChI is InChI=1S/C21H22BrN3O3/c1-27-16-5-3-15(4-6-16)20(14-23)24-9-11-25(12-10-24)21(26)18-13-17(28-2)7-8-19(18)22/h3-8,13,20H,9-12H2,1-2H3. The summed E-state index contributed by atoms with van der Waals surface area (Å²) in [5, 5.41) is 9.68. The molecule has 0 bridgehead atoms. The monoisotopic (exact) mass is 443 g/mol. The van der Waals surface area contributed by atoms with Crippen molar-refractivity contribution in [1.29, 1.82) is 5.26 Å². The van der Waals surface area contributed by atoms with Gasteiger partial charge in [0.1, 0.15) is 17.5 Å². The van der Waals surface area contributed by atoms with Crippen molar-refractivity contribution in [3.63, 3.8) is 0 Å². The number of carbonyl (C=O) groups excluding carboxylic acids is 1. The summed E-state index contributed by atoms with van der Waals surface area (Å²) < 4.78 is 11.2. The van der Waals surface area contributed by atoms with Crippen molar-refractivity contribution < 1.29 is 14.3 Å². The van der Waals surface area contributed by atoms with Gasteiger partial charge in [-0.1, -0.05) is 12.1 Å². The van der Waals surface area contributed by atoms with Gasteiger partial charge in [-0.25, -0.2) is 0 Å². The normalized spacial score (nSPS) is 15.6. The minimum Gasteiger partial charge on any atom is -0.497 e. The molecule has 2 aromatic rings. The molecule has 6 nitrogen and oxygen atoms in total. The number of piperazine rings is 1. The molecule has 1 saturated heterocycles. The molecule has 0 saturated carbocycles. The minimum absolute atomic E-state index is 0.0385. The fourth-order valence-corrected chi connectivity index (χ4v) is 3.72. The number of nitrogens with zero attached hydrogens (tertiary/aromatic N) is 3. The third-order valence-corrected chi connectivity index (χ3v) is 5.62. The highest BCUT2D eigenvalue weighted by Gasteiger charge is 2.28. The van der Waals surface area contributed by atoms with Gasteiger partial charge in [0, 0.05) is 30.7 Å². The number of benzene rings is 2. The summed E-state index contributed by atoms with van der Waals surface area (Å²) in [6.45, 7) is 2.41. The van der Waals surface area contributed by atoms with Crippen LogP contribution in [-0.4, -0.2) is 56.1 Å². The smallest absolute Gasteiger partial charge is 0.255 e. The summed E-state index contributed by atoms with van der Waals surface area (Å²) in [5.74, 6) is 1.37. The Morgan fingerprint density at radius 1 is 1.04 bits per heavy atom. The van der Waals surface area contributed by atoms with Crippen LogP contribution in [0, 0.1) is 11.3 Å². The van der Waals surface area contributed by atoms with Gasteiger partial charge in [-0.15, -0.1) is 0 Å². The molecule has 0 aromatic heterocycles. The van der Waals surface area contributed by atoms with Crippen molar-refractivity contribution in [3.8, 4) is 17.6 Å². The second kappa shape index (κ2) is 9.09. The number of amides is 1. The van der Waals surface area contributed by atoms with E-state index in [9.17, 15) is 10.1 Å². The second-order valence-corrected chi connectivity index (χ2v) is 7.33. The maximum atomic E-state index is 12.9. The van der Waals surface area contributed by atoms with Crippen LogP contribution in [0.1, 0.15) is 22.0 Å². The van der Waals surface area contributed by atoms with Crippen LogP contribution in [0.2, 0.25) is 0 Å². The highest BCUT2D eigenvalue weighted by atomic mass is 79.9. The molecule has 1 aliphatic heterocycles. The van der Waals surface area contributed by atoms with Crippen molar-refractivity contribution in [3.05, 3.63) is 58.1 Å². The first-order chi connectivity index (χ1) is 13.6. The average molecular weight is 444 g/mol. The lowest BCUT2D eigenvalue weighted by Gasteiger charge is -2.37. The Kier molecular flexibility index (Phi) is 6.55. The van der Waals surface area contributed by atoms with Crippen molar-refractivity contribution in [2.24, 2.45) is 0 Å². The maximum Gasteiger partial charge on any atom is 0.255 e. The van der Waals surface area contributed by atoms with Crippen molar-refractivity contribution in [2.45, 2.75) is 6.04 Å².